The molecule has 24 heavy (non-hydrogen) atoms. The fraction of sp³-hybridized carbons (Fsp3) is 0.0588. The third kappa shape index (κ3) is 3.51. The van der Waals surface area contributed by atoms with Crippen molar-refractivity contribution in [2.24, 2.45) is 0 Å². The Balaban J connectivity index is 1.95. The lowest BCUT2D eigenvalue weighted by atomic mass is 10.2. The summed E-state index contributed by atoms with van der Waals surface area (Å²) in [6.45, 7) is 0. The molecule has 1 N–H and O–H groups in total. The number of anilines is 1. The molecule has 4 nitrogen and oxygen atoms in total. The Hall–Kier alpha value is -2.15. The number of hydrogen-bond donors (Lipinski definition) is 1. The molecule has 3 rings (SSSR count). The highest BCUT2D eigenvalue weighted by atomic mass is 35.5. The van der Waals surface area contributed by atoms with E-state index < -0.39 is 5.97 Å². The van der Waals surface area contributed by atoms with Crippen LogP contribution >= 0.6 is 34.3 Å². The molecule has 1 amide bonds. The minimum Gasteiger partial charge on any atom is -0.465 e. The topological polar surface area (TPSA) is 55.4 Å². The van der Waals surface area contributed by atoms with Crippen LogP contribution in [0.5, 0.6) is 0 Å². The molecule has 0 bridgehead atoms. The molecule has 122 valence electrons. The first-order valence-corrected chi connectivity index (χ1v) is 8.94. The molecule has 0 aliphatic rings. The maximum Gasteiger partial charge on any atom is 0.350 e. The highest BCUT2D eigenvalue weighted by Crippen LogP contribution is 2.35. The van der Waals surface area contributed by atoms with Gasteiger partial charge in [-0.2, -0.15) is 0 Å². The van der Waals surface area contributed by atoms with Crippen molar-refractivity contribution in [2.45, 2.75) is 0 Å². The molecule has 0 unspecified atom stereocenters. The Morgan fingerprint density at radius 3 is 2.46 bits per heavy atom. The van der Waals surface area contributed by atoms with E-state index in [0.717, 1.165) is 10.4 Å². The van der Waals surface area contributed by atoms with Crippen molar-refractivity contribution in [1.82, 2.24) is 0 Å². The number of rotatable bonds is 4. The second kappa shape index (κ2) is 7.17. The fourth-order valence-electron chi connectivity index (χ4n) is 2.09. The number of benzene rings is 1. The largest absolute Gasteiger partial charge is 0.465 e. The van der Waals surface area contributed by atoms with E-state index in [-0.39, 0.29) is 5.91 Å². The molecule has 3 aromatic rings. The van der Waals surface area contributed by atoms with Gasteiger partial charge in [-0.3, -0.25) is 4.79 Å². The van der Waals surface area contributed by atoms with Gasteiger partial charge < -0.3 is 10.1 Å². The van der Waals surface area contributed by atoms with Crippen LogP contribution in [0.15, 0.2) is 48.5 Å². The van der Waals surface area contributed by atoms with Gasteiger partial charge in [0.2, 0.25) is 0 Å². The quantitative estimate of drug-likeness (QED) is 0.638. The van der Waals surface area contributed by atoms with Crippen LogP contribution in [-0.2, 0) is 4.74 Å². The average Bonchev–Trinajstić information content (AvgIpc) is 3.21. The van der Waals surface area contributed by atoms with E-state index in [4.69, 9.17) is 16.3 Å². The number of methoxy groups -OCH3 is 1. The van der Waals surface area contributed by atoms with Gasteiger partial charge in [0.05, 0.1) is 22.0 Å². The number of thiophene rings is 2. The van der Waals surface area contributed by atoms with E-state index in [1.807, 2.05) is 30.3 Å². The number of amides is 1. The Morgan fingerprint density at radius 2 is 1.83 bits per heavy atom. The van der Waals surface area contributed by atoms with Gasteiger partial charge in [-0.1, -0.05) is 41.9 Å². The van der Waals surface area contributed by atoms with E-state index >= 15 is 0 Å². The van der Waals surface area contributed by atoms with Crippen LogP contribution in [0.25, 0.3) is 10.4 Å². The molecule has 0 fully saturated rings. The van der Waals surface area contributed by atoms with Crippen molar-refractivity contribution < 1.29 is 14.3 Å². The molecule has 1 aromatic carbocycles. The van der Waals surface area contributed by atoms with Gasteiger partial charge in [-0.15, -0.1) is 22.7 Å². The normalized spacial score (nSPS) is 10.4. The van der Waals surface area contributed by atoms with E-state index in [1.165, 1.54) is 29.8 Å². The first-order chi connectivity index (χ1) is 11.6. The molecule has 0 saturated heterocycles. The summed E-state index contributed by atoms with van der Waals surface area (Å²) in [6.07, 6.45) is 0. The number of carbonyl (C=O) groups excluding carboxylic acids is 2. The van der Waals surface area contributed by atoms with Crippen LogP contribution in [0.2, 0.25) is 4.34 Å². The summed E-state index contributed by atoms with van der Waals surface area (Å²) in [5, 5.41) is 2.77. The summed E-state index contributed by atoms with van der Waals surface area (Å²) in [5.41, 5.74) is 1.40. The van der Waals surface area contributed by atoms with Gasteiger partial charge in [-0.25, -0.2) is 4.79 Å². The van der Waals surface area contributed by atoms with Crippen molar-refractivity contribution in [2.75, 3.05) is 12.4 Å². The van der Waals surface area contributed by atoms with Gasteiger partial charge in [0.25, 0.3) is 5.91 Å². The average molecular weight is 378 g/mol. The van der Waals surface area contributed by atoms with Gasteiger partial charge in [0, 0.05) is 4.88 Å². The molecule has 0 aliphatic heterocycles. The third-order valence-electron chi connectivity index (χ3n) is 3.21. The van der Waals surface area contributed by atoms with Crippen molar-refractivity contribution >= 4 is 51.8 Å². The Bertz CT molecular complexity index is 886. The molecule has 0 saturated carbocycles. The summed E-state index contributed by atoms with van der Waals surface area (Å²) in [7, 11) is 1.31. The van der Waals surface area contributed by atoms with Crippen LogP contribution < -0.4 is 5.32 Å². The molecule has 0 spiro atoms. The number of hydrogen-bond acceptors (Lipinski definition) is 5. The molecule has 0 atom stereocenters. The van der Waals surface area contributed by atoms with Crippen molar-refractivity contribution in [3.8, 4) is 10.4 Å². The second-order valence-corrected chi connectivity index (χ2v) is 7.54. The van der Waals surface area contributed by atoms with E-state index in [2.05, 4.69) is 5.32 Å². The zero-order chi connectivity index (χ0) is 17.1. The molecule has 0 aliphatic carbocycles. The van der Waals surface area contributed by atoms with Crippen molar-refractivity contribution in [3.63, 3.8) is 0 Å². The third-order valence-corrected chi connectivity index (χ3v) is 5.60. The number of ether oxygens (including phenoxy) is 1. The lowest BCUT2D eigenvalue weighted by molar-refractivity contribution is 0.0607. The minimum atomic E-state index is -0.485. The summed E-state index contributed by atoms with van der Waals surface area (Å²) >= 11 is 8.32. The van der Waals surface area contributed by atoms with Gasteiger partial charge in [0.1, 0.15) is 4.88 Å². The van der Waals surface area contributed by atoms with Crippen molar-refractivity contribution in [3.05, 3.63) is 62.6 Å². The molecular weight excluding hydrogens is 366 g/mol. The molecule has 2 aromatic heterocycles. The summed E-state index contributed by atoms with van der Waals surface area (Å²) in [6, 6.07) is 14.7. The minimum absolute atomic E-state index is 0.311. The molecule has 0 radical (unpaired) electrons. The molecule has 7 heteroatoms. The highest BCUT2D eigenvalue weighted by Gasteiger charge is 2.20. The standard InChI is InChI=1S/C17H12ClNO3S2/c1-22-17(21)15-11(19-16(20)12-7-8-14(18)23-12)9-13(24-15)10-5-3-2-4-6-10/h2-9H,1H3,(H,19,20). The zero-order valence-electron chi connectivity index (χ0n) is 12.5. The molecular formula is C17H12ClNO3S2. The lowest BCUT2D eigenvalue weighted by Gasteiger charge is -2.03. The zero-order valence-corrected chi connectivity index (χ0v) is 14.9. The monoisotopic (exact) mass is 377 g/mol. The predicted molar refractivity (Wildman–Crippen MR) is 98.4 cm³/mol. The van der Waals surface area contributed by atoms with Gasteiger partial charge in [-0.05, 0) is 23.8 Å². The highest BCUT2D eigenvalue weighted by molar-refractivity contribution is 7.18. The summed E-state index contributed by atoms with van der Waals surface area (Å²) < 4.78 is 5.35. The van der Waals surface area contributed by atoms with Crippen LogP contribution in [0.3, 0.4) is 0 Å². The predicted octanol–water partition coefficient (Wildman–Crippen LogP) is 5.17. The summed E-state index contributed by atoms with van der Waals surface area (Å²) in [5.74, 6) is -0.795. The number of nitrogens with one attached hydrogen (secondary N) is 1. The van der Waals surface area contributed by atoms with E-state index in [1.54, 1.807) is 18.2 Å². The van der Waals surface area contributed by atoms with Crippen LogP contribution in [0.1, 0.15) is 19.3 Å². The van der Waals surface area contributed by atoms with Gasteiger partial charge >= 0.3 is 5.97 Å². The number of halogens is 1. The Kier molecular flexibility index (Phi) is 4.99. The lowest BCUT2D eigenvalue weighted by Crippen LogP contribution is -2.12. The van der Waals surface area contributed by atoms with Crippen LogP contribution in [0.4, 0.5) is 5.69 Å². The second-order valence-electron chi connectivity index (χ2n) is 4.77. The van der Waals surface area contributed by atoms with E-state index in [0.29, 0.717) is 19.8 Å². The smallest absolute Gasteiger partial charge is 0.350 e. The van der Waals surface area contributed by atoms with Crippen LogP contribution in [0, 0.1) is 0 Å². The number of carbonyl (C=O) groups is 2. The molecule has 2 heterocycles. The first-order valence-electron chi connectivity index (χ1n) is 6.92. The van der Waals surface area contributed by atoms with Gasteiger partial charge in [0.15, 0.2) is 0 Å². The Labute approximate surface area is 151 Å². The van der Waals surface area contributed by atoms with Crippen molar-refractivity contribution in [1.29, 1.82) is 0 Å². The SMILES string of the molecule is COC(=O)c1sc(-c2ccccc2)cc1NC(=O)c1ccc(Cl)s1. The maximum atomic E-state index is 12.3. The van der Waals surface area contributed by atoms with Crippen LogP contribution in [-0.4, -0.2) is 19.0 Å². The first kappa shape index (κ1) is 16.7. The van der Waals surface area contributed by atoms with E-state index in [9.17, 15) is 9.59 Å². The fourth-order valence-corrected chi connectivity index (χ4v) is 4.07. The Morgan fingerprint density at radius 1 is 1.08 bits per heavy atom. The summed E-state index contributed by atoms with van der Waals surface area (Å²) in [4.78, 5) is 26.0. The maximum absolute atomic E-state index is 12.3. The number of esters is 1.